The lowest BCUT2D eigenvalue weighted by Gasteiger charge is -2.11. The summed E-state index contributed by atoms with van der Waals surface area (Å²) in [6.07, 6.45) is 0.401. The molecule has 1 unspecified atom stereocenters. The molecular weight excluding hydrogens is 172 g/mol. The van der Waals surface area contributed by atoms with Crippen LogP contribution in [0.2, 0.25) is 0 Å². The summed E-state index contributed by atoms with van der Waals surface area (Å²) in [5.74, 6) is -0.302. The summed E-state index contributed by atoms with van der Waals surface area (Å²) >= 11 is 0. The maximum atomic E-state index is 11.3. The molecule has 1 aliphatic rings. The van der Waals surface area contributed by atoms with E-state index in [0.29, 0.717) is 12.8 Å². The Balaban J connectivity index is 2.27. The lowest BCUT2D eigenvalue weighted by atomic mass is 10.2. The second-order valence-electron chi connectivity index (χ2n) is 3.25. The maximum Gasteiger partial charge on any atom is 0.242 e. The molecule has 0 aliphatic carbocycles. The van der Waals surface area contributed by atoms with Gasteiger partial charge in [0.15, 0.2) is 0 Å². The van der Waals surface area contributed by atoms with E-state index >= 15 is 0 Å². The highest BCUT2D eigenvalue weighted by molar-refractivity contribution is 5.90. The highest BCUT2D eigenvalue weighted by Gasteiger charge is 2.26. The Bertz CT molecular complexity index is 215. The van der Waals surface area contributed by atoms with Gasteiger partial charge in [-0.3, -0.25) is 9.59 Å². The molecule has 1 rings (SSSR count). The van der Waals surface area contributed by atoms with Crippen LogP contribution in [0, 0.1) is 0 Å². The molecule has 1 aliphatic heterocycles. The van der Waals surface area contributed by atoms with Gasteiger partial charge < -0.3 is 15.7 Å². The number of carbonyl (C=O) groups excluding carboxylic acids is 2. The van der Waals surface area contributed by atoms with E-state index < -0.39 is 12.1 Å². The third-order valence-electron chi connectivity index (χ3n) is 1.88. The number of carbonyl (C=O) groups is 2. The van der Waals surface area contributed by atoms with Crippen LogP contribution < -0.4 is 10.6 Å². The second kappa shape index (κ2) is 4.23. The molecule has 0 aromatic rings. The van der Waals surface area contributed by atoms with Crippen molar-refractivity contribution in [3.8, 4) is 0 Å². The van der Waals surface area contributed by atoms with E-state index in [1.165, 1.54) is 0 Å². The number of hydrogen-bond donors (Lipinski definition) is 3. The molecular formula is C8H14N2O3. The number of hydrogen-bond acceptors (Lipinski definition) is 3. The highest BCUT2D eigenvalue weighted by Crippen LogP contribution is 2.05. The molecule has 1 fully saturated rings. The summed E-state index contributed by atoms with van der Waals surface area (Å²) in [6.45, 7) is 1.82. The molecule has 0 spiro atoms. The third kappa shape index (κ3) is 3.02. The number of nitrogens with one attached hydrogen (secondary N) is 2. The number of aliphatic hydroxyl groups excluding tert-OH is 1. The molecule has 1 saturated heterocycles. The van der Waals surface area contributed by atoms with E-state index in [1.54, 1.807) is 6.92 Å². The molecule has 0 aromatic heterocycles. The predicted molar refractivity (Wildman–Crippen MR) is 45.9 cm³/mol. The van der Waals surface area contributed by atoms with Crippen LogP contribution in [-0.4, -0.2) is 35.6 Å². The zero-order valence-electron chi connectivity index (χ0n) is 7.54. The van der Waals surface area contributed by atoms with Gasteiger partial charge in [-0.15, -0.1) is 0 Å². The molecule has 74 valence electrons. The van der Waals surface area contributed by atoms with Crippen LogP contribution in [0.1, 0.15) is 19.8 Å². The molecule has 0 aromatic carbocycles. The number of rotatable bonds is 3. The SMILES string of the molecule is C[C@@H](O)CNC(=O)C1CCC(=O)N1. The Kier molecular flexibility index (Phi) is 3.25. The van der Waals surface area contributed by atoms with Gasteiger partial charge in [-0.25, -0.2) is 0 Å². The van der Waals surface area contributed by atoms with Crippen LogP contribution in [0.4, 0.5) is 0 Å². The molecule has 0 radical (unpaired) electrons. The summed E-state index contributed by atoms with van der Waals surface area (Å²) in [6, 6.07) is -0.411. The quantitative estimate of drug-likeness (QED) is 0.516. The number of aliphatic hydroxyl groups is 1. The minimum Gasteiger partial charge on any atom is -0.392 e. The first-order chi connectivity index (χ1) is 6.09. The van der Waals surface area contributed by atoms with Crippen molar-refractivity contribution >= 4 is 11.8 Å². The monoisotopic (exact) mass is 186 g/mol. The van der Waals surface area contributed by atoms with Gasteiger partial charge in [0.05, 0.1) is 6.10 Å². The molecule has 2 amide bonds. The molecule has 2 atom stereocenters. The van der Waals surface area contributed by atoms with Crippen molar-refractivity contribution in [3.63, 3.8) is 0 Å². The van der Waals surface area contributed by atoms with Crippen molar-refractivity contribution in [1.82, 2.24) is 10.6 Å². The van der Waals surface area contributed by atoms with E-state index in [4.69, 9.17) is 5.11 Å². The topological polar surface area (TPSA) is 78.4 Å². The Morgan fingerprint density at radius 1 is 1.85 bits per heavy atom. The molecule has 3 N–H and O–H groups in total. The summed E-state index contributed by atoms with van der Waals surface area (Å²) in [5, 5.41) is 14.0. The maximum absolute atomic E-state index is 11.3. The average Bonchev–Trinajstić information content (AvgIpc) is 2.47. The fourth-order valence-electron chi connectivity index (χ4n) is 1.18. The van der Waals surface area contributed by atoms with E-state index in [1.807, 2.05) is 0 Å². The number of amides is 2. The molecule has 5 nitrogen and oxygen atoms in total. The van der Waals surface area contributed by atoms with Crippen molar-refractivity contribution in [2.45, 2.75) is 31.9 Å². The summed E-state index contributed by atoms with van der Waals surface area (Å²) in [7, 11) is 0. The Morgan fingerprint density at radius 3 is 3.00 bits per heavy atom. The van der Waals surface area contributed by atoms with Crippen molar-refractivity contribution in [3.05, 3.63) is 0 Å². The Labute approximate surface area is 76.5 Å². The van der Waals surface area contributed by atoms with Crippen LogP contribution in [0.5, 0.6) is 0 Å². The van der Waals surface area contributed by atoms with E-state index in [0.717, 1.165) is 0 Å². The van der Waals surface area contributed by atoms with Crippen LogP contribution in [-0.2, 0) is 9.59 Å². The van der Waals surface area contributed by atoms with Crippen LogP contribution in [0.15, 0.2) is 0 Å². The van der Waals surface area contributed by atoms with E-state index in [-0.39, 0.29) is 18.4 Å². The smallest absolute Gasteiger partial charge is 0.242 e. The van der Waals surface area contributed by atoms with Gasteiger partial charge in [-0.2, -0.15) is 0 Å². The summed E-state index contributed by atoms with van der Waals surface area (Å²) in [4.78, 5) is 22.0. The van der Waals surface area contributed by atoms with Gasteiger partial charge in [0.25, 0.3) is 0 Å². The predicted octanol–water partition coefficient (Wildman–Crippen LogP) is -1.24. The van der Waals surface area contributed by atoms with Crippen molar-refractivity contribution in [2.24, 2.45) is 0 Å². The van der Waals surface area contributed by atoms with Crippen LogP contribution in [0.25, 0.3) is 0 Å². The summed E-state index contributed by atoms with van der Waals surface area (Å²) < 4.78 is 0. The molecule has 1 heterocycles. The zero-order valence-corrected chi connectivity index (χ0v) is 7.54. The first kappa shape index (κ1) is 9.98. The highest BCUT2D eigenvalue weighted by atomic mass is 16.3. The summed E-state index contributed by atoms with van der Waals surface area (Å²) in [5.41, 5.74) is 0. The van der Waals surface area contributed by atoms with E-state index in [2.05, 4.69) is 10.6 Å². The first-order valence-electron chi connectivity index (χ1n) is 4.34. The zero-order chi connectivity index (χ0) is 9.84. The van der Waals surface area contributed by atoms with Crippen LogP contribution >= 0.6 is 0 Å². The first-order valence-corrected chi connectivity index (χ1v) is 4.34. The van der Waals surface area contributed by atoms with Gasteiger partial charge in [0, 0.05) is 13.0 Å². The molecule has 0 bridgehead atoms. The van der Waals surface area contributed by atoms with E-state index in [9.17, 15) is 9.59 Å². The largest absolute Gasteiger partial charge is 0.392 e. The third-order valence-corrected chi connectivity index (χ3v) is 1.88. The van der Waals surface area contributed by atoms with Gasteiger partial charge in [-0.05, 0) is 13.3 Å². The lowest BCUT2D eigenvalue weighted by Crippen LogP contribution is -2.43. The van der Waals surface area contributed by atoms with Crippen LogP contribution in [0.3, 0.4) is 0 Å². The minimum atomic E-state index is -0.555. The standard InChI is InChI=1S/C8H14N2O3/c1-5(11)4-9-8(13)6-2-3-7(12)10-6/h5-6,11H,2-4H2,1H3,(H,9,13)(H,10,12)/t5-,6?/m1/s1. The Morgan fingerprint density at radius 2 is 2.54 bits per heavy atom. The minimum absolute atomic E-state index is 0.0859. The van der Waals surface area contributed by atoms with Gasteiger partial charge in [-0.1, -0.05) is 0 Å². The van der Waals surface area contributed by atoms with Gasteiger partial charge in [0.2, 0.25) is 11.8 Å². The Hall–Kier alpha value is -1.10. The van der Waals surface area contributed by atoms with Gasteiger partial charge >= 0.3 is 0 Å². The van der Waals surface area contributed by atoms with Crippen molar-refractivity contribution in [1.29, 1.82) is 0 Å². The fourth-order valence-corrected chi connectivity index (χ4v) is 1.18. The van der Waals surface area contributed by atoms with Gasteiger partial charge in [0.1, 0.15) is 6.04 Å². The molecule has 0 saturated carbocycles. The van der Waals surface area contributed by atoms with Crippen molar-refractivity contribution in [2.75, 3.05) is 6.54 Å². The second-order valence-corrected chi connectivity index (χ2v) is 3.25. The molecule has 13 heavy (non-hydrogen) atoms. The van der Waals surface area contributed by atoms with Crippen molar-refractivity contribution < 1.29 is 14.7 Å². The normalized spacial score (nSPS) is 23.8. The lowest BCUT2D eigenvalue weighted by molar-refractivity contribution is -0.126. The fraction of sp³-hybridized carbons (Fsp3) is 0.750. The molecule has 5 heteroatoms. The average molecular weight is 186 g/mol.